The van der Waals surface area contributed by atoms with Crippen LogP contribution in [0.1, 0.15) is 35.1 Å². The third-order valence-corrected chi connectivity index (χ3v) is 7.46. The van der Waals surface area contributed by atoms with E-state index in [0.717, 1.165) is 0 Å². The predicted molar refractivity (Wildman–Crippen MR) is 127 cm³/mol. The van der Waals surface area contributed by atoms with Gasteiger partial charge in [0.05, 0.1) is 0 Å². The van der Waals surface area contributed by atoms with Crippen molar-refractivity contribution in [3.05, 3.63) is 93.5 Å². The molecular weight excluding hydrogens is 416 g/mol. The van der Waals surface area contributed by atoms with E-state index in [-0.39, 0.29) is 0 Å². The van der Waals surface area contributed by atoms with Crippen LogP contribution in [0.15, 0.2) is 71.2 Å². The van der Waals surface area contributed by atoms with Gasteiger partial charge in [-0.25, -0.2) is 0 Å². The first kappa shape index (κ1) is 17.5. The van der Waals surface area contributed by atoms with Gasteiger partial charge in [0.15, 0.2) is 0 Å². The van der Waals surface area contributed by atoms with Gasteiger partial charge >= 0.3 is 0 Å². The van der Waals surface area contributed by atoms with Crippen molar-refractivity contribution in [2.45, 2.75) is 38.5 Å². The molecule has 0 unspecified atom stereocenters. The zero-order valence-electron chi connectivity index (χ0n) is 16.5. The van der Waals surface area contributed by atoms with Crippen molar-refractivity contribution in [1.82, 2.24) is 0 Å². The Morgan fingerprint density at radius 2 is 1.21 bits per heavy atom. The van der Waals surface area contributed by atoms with Gasteiger partial charge in [0.1, 0.15) is 0 Å². The average Bonchev–Trinajstić information content (AvgIpc) is 2.78. The maximum absolute atomic E-state index is 3.88. The van der Waals surface area contributed by atoms with Gasteiger partial charge < -0.3 is 0 Å². The van der Waals surface area contributed by atoms with Crippen molar-refractivity contribution in [1.29, 1.82) is 0 Å². The van der Waals surface area contributed by atoms with Gasteiger partial charge in [-0.2, -0.15) is 0 Å². The summed E-state index contributed by atoms with van der Waals surface area (Å²) in [6.07, 6.45) is 7.30. The minimum Gasteiger partial charge on any atom is -0.0622 e. The van der Waals surface area contributed by atoms with E-state index in [1.807, 2.05) is 0 Å². The third kappa shape index (κ3) is 2.79. The normalized spacial score (nSPS) is 14.9. The second-order valence-electron chi connectivity index (χ2n) is 8.46. The Hall–Kier alpha value is -2.38. The molecule has 0 spiro atoms. The van der Waals surface area contributed by atoms with E-state index in [9.17, 15) is 0 Å². The minimum atomic E-state index is 1.19. The molecule has 2 aliphatic carbocycles. The molecule has 0 bridgehead atoms. The average molecular weight is 439 g/mol. The van der Waals surface area contributed by atoms with Gasteiger partial charge in [-0.15, -0.1) is 0 Å². The Labute approximate surface area is 180 Å². The molecule has 0 heterocycles. The van der Waals surface area contributed by atoms with E-state index in [2.05, 4.69) is 82.7 Å². The SMILES string of the molecule is Brc1cc2c3c(c(-c4cccc(-c5ccccc5)c4)cc4c3c1CCC4)CCC2. The fraction of sp³-hybridized carbons (Fsp3) is 0.214. The lowest BCUT2D eigenvalue weighted by Gasteiger charge is -2.28. The zero-order valence-corrected chi connectivity index (χ0v) is 18.1. The van der Waals surface area contributed by atoms with Gasteiger partial charge in [0, 0.05) is 4.47 Å². The quantitative estimate of drug-likeness (QED) is 0.298. The Kier molecular flexibility index (Phi) is 4.13. The van der Waals surface area contributed by atoms with Crippen LogP contribution < -0.4 is 0 Å². The smallest absolute Gasteiger partial charge is 0.0216 e. The lowest BCUT2D eigenvalue weighted by molar-refractivity contribution is 0.785. The van der Waals surface area contributed by atoms with Crippen molar-refractivity contribution in [3.63, 3.8) is 0 Å². The number of hydrogen-bond donors (Lipinski definition) is 0. The summed E-state index contributed by atoms with van der Waals surface area (Å²) in [6, 6.07) is 24.8. The number of benzene rings is 4. The first-order valence-electron chi connectivity index (χ1n) is 10.7. The van der Waals surface area contributed by atoms with Gasteiger partial charge in [0.25, 0.3) is 0 Å². The second kappa shape index (κ2) is 6.85. The molecular formula is C28H23Br. The molecule has 0 saturated heterocycles. The maximum atomic E-state index is 3.88. The monoisotopic (exact) mass is 438 g/mol. The highest BCUT2D eigenvalue weighted by molar-refractivity contribution is 9.10. The van der Waals surface area contributed by atoms with E-state index in [1.54, 1.807) is 27.5 Å². The number of aryl methyl sites for hydroxylation is 4. The van der Waals surface area contributed by atoms with Crippen LogP contribution in [0.25, 0.3) is 33.0 Å². The summed E-state index contributed by atoms with van der Waals surface area (Å²) in [5, 5.41) is 3.14. The molecule has 0 aromatic heterocycles. The zero-order chi connectivity index (χ0) is 19.4. The highest BCUT2D eigenvalue weighted by Crippen LogP contribution is 2.45. The number of rotatable bonds is 2. The molecule has 142 valence electrons. The van der Waals surface area contributed by atoms with Crippen LogP contribution in [0.3, 0.4) is 0 Å². The molecule has 0 nitrogen and oxygen atoms in total. The van der Waals surface area contributed by atoms with Crippen LogP contribution in [0.4, 0.5) is 0 Å². The standard InChI is InChI=1S/C28H23Br/c29-26-17-22-12-5-13-23-25(16-21-11-6-14-24(26)28(21)27(22)23)20-10-4-9-19(15-20)18-7-2-1-3-8-18/h1-4,7-10,15-17H,5-6,11-14H2. The first-order valence-corrected chi connectivity index (χ1v) is 11.5. The summed E-state index contributed by atoms with van der Waals surface area (Å²) in [5.41, 5.74) is 11.6. The summed E-state index contributed by atoms with van der Waals surface area (Å²) in [5.74, 6) is 0. The summed E-state index contributed by atoms with van der Waals surface area (Å²) in [4.78, 5) is 0. The van der Waals surface area contributed by atoms with Gasteiger partial charge in [-0.05, 0) is 106 Å². The fourth-order valence-corrected chi connectivity index (χ4v) is 6.15. The lowest BCUT2D eigenvalue weighted by Crippen LogP contribution is -2.10. The summed E-state index contributed by atoms with van der Waals surface area (Å²) in [7, 11) is 0. The molecule has 4 aromatic carbocycles. The highest BCUT2D eigenvalue weighted by atomic mass is 79.9. The van der Waals surface area contributed by atoms with E-state index in [1.165, 1.54) is 70.8 Å². The fourth-order valence-electron chi connectivity index (χ4n) is 5.47. The van der Waals surface area contributed by atoms with E-state index in [4.69, 9.17) is 0 Å². The predicted octanol–water partition coefficient (Wildman–Crippen LogP) is 7.91. The van der Waals surface area contributed by atoms with Crippen LogP contribution in [-0.4, -0.2) is 0 Å². The van der Waals surface area contributed by atoms with Crippen LogP contribution >= 0.6 is 15.9 Å². The summed E-state index contributed by atoms with van der Waals surface area (Å²) < 4.78 is 1.33. The molecule has 0 radical (unpaired) electrons. The maximum Gasteiger partial charge on any atom is 0.0216 e. The van der Waals surface area contributed by atoms with Crippen molar-refractivity contribution in [2.75, 3.05) is 0 Å². The van der Waals surface area contributed by atoms with E-state index in [0.29, 0.717) is 0 Å². The molecule has 0 atom stereocenters. The Morgan fingerprint density at radius 3 is 2.03 bits per heavy atom. The summed E-state index contributed by atoms with van der Waals surface area (Å²) in [6.45, 7) is 0. The first-order chi connectivity index (χ1) is 14.3. The Balaban J connectivity index is 1.63. The van der Waals surface area contributed by atoms with E-state index < -0.39 is 0 Å². The van der Waals surface area contributed by atoms with Crippen LogP contribution in [0.5, 0.6) is 0 Å². The molecule has 0 fully saturated rings. The highest BCUT2D eigenvalue weighted by Gasteiger charge is 2.25. The van der Waals surface area contributed by atoms with Crippen LogP contribution in [0, 0.1) is 0 Å². The van der Waals surface area contributed by atoms with Crippen LogP contribution in [0.2, 0.25) is 0 Å². The van der Waals surface area contributed by atoms with E-state index >= 15 is 0 Å². The molecule has 2 aliphatic rings. The van der Waals surface area contributed by atoms with Crippen molar-refractivity contribution < 1.29 is 0 Å². The van der Waals surface area contributed by atoms with Gasteiger partial charge in [-0.1, -0.05) is 70.5 Å². The Morgan fingerprint density at radius 1 is 0.552 bits per heavy atom. The lowest BCUT2D eigenvalue weighted by atomic mass is 9.77. The number of halogens is 1. The van der Waals surface area contributed by atoms with Gasteiger partial charge in [0.2, 0.25) is 0 Å². The molecule has 29 heavy (non-hydrogen) atoms. The Bertz CT molecular complexity index is 1250. The molecule has 0 N–H and O–H groups in total. The molecule has 4 aromatic rings. The molecule has 0 saturated carbocycles. The molecule has 0 aliphatic heterocycles. The molecule has 1 heteroatoms. The largest absolute Gasteiger partial charge is 0.0622 e. The van der Waals surface area contributed by atoms with Crippen molar-refractivity contribution in [3.8, 4) is 22.3 Å². The summed E-state index contributed by atoms with van der Waals surface area (Å²) >= 11 is 3.88. The van der Waals surface area contributed by atoms with Crippen LogP contribution in [-0.2, 0) is 25.7 Å². The topological polar surface area (TPSA) is 0 Å². The molecule has 0 amide bonds. The van der Waals surface area contributed by atoms with Gasteiger partial charge in [-0.3, -0.25) is 0 Å². The number of hydrogen-bond acceptors (Lipinski definition) is 0. The van der Waals surface area contributed by atoms with Crippen molar-refractivity contribution in [2.24, 2.45) is 0 Å². The third-order valence-electron chi connectivity index (χ3n) is 6.76. The van der Waals surface area contributed by atoms with Crippen molar-refractivity contribution >= 4 is 26.7 Å². The minimum absolute atomic E-state index is 1.19. The molecule has 6 rings (SSSR count). The second-order valence-corrected chi connectivity index (χ2v) is 9.32.